The molecule has 4 aromatic rings. The Morgan fingerprint density at radius 2 is 2.11 bits per heavy atom. The lowest BCUT2D eigenvalue weighted by Crippen LogP contribution is -2.44. The van der Waals surface area contributed by atoms with Crippen LogP contribution in [0.4, 0.5) is 17.3 Å². The normalized spacial score (nSPS) is 18.1. The molecule has 0 unspecified atom stereocenters. The van der Waals surface area contributed by atoms with Crippen molar-refractivity contribution in [3.8, 4) is 11.4 Å². The first-order valence-corrected chi connectivity index (χ1v) is 12.1. The van der Waals surface area contributed by atoms with Gasteiger partial charge in [-0.2, -0.15) is 0 Å². The van der Waals surface area contributed by atoms with Crippen LogP contribution in [0.3, 0.4) is 0 Å². The maximum atomic E-state index is 12.3. The fourth-order valence-electron chi connectivity index (χ4n) is 4.57. The molecule has 11 heteroatoms. The second-order valence-electron chi connectivity index (χ2n) is 9.17. The second kappa shape index (κ2) is 9.32. The number of methoxy groups -OCH3 is 1. The third-order valence-corrected chi connectivity index (χ3v) is 6.62. The number of morpholine rings is 1. The van der Waals surface area contributed by atoms with Crippen molar-refractivity contribution < 1.29 is 14.3 Å². The largest absolute Gasteiger partial charge is 0.382 e. The molecule has 5 heterocycles. The second-order valence-corrected chi connectivity index (χ2v) is 9.17. The summed E-state index contributed by atoms with van der Waals surface area (Å²) in [5.41, 5.74) is 2.55. The quantitative estimate of drug-likeness (QED) is 0.405. The third-order valence-electron chi connectivity index (χ3n) is 6.62. The number of ether oxygens (including phenoxy) is 2. The molecule has 2 fully saturated rings. The number of pyridine rings is 3. The Morgan fingerprint density at radius 1 is 1.22 bits per heavy atom. The zero-order valence-corrected chi connectivity index (χ0v) is 20.3. The smallest absolute Gasteiger partial charge is 0.228 e. The van der Waals surface area contributed by atoms with Gasteiger partial charge in [-0.25, -0.2) is 19.5 Å². The first-order valence-electron chi connectivity index (χ1n) is 12.1. The first kappa shape index (κ1) is 22.6. The van der Waals surface area contributed by atoms with E-state index in [4.69, 9.17) is 19.6 Å². The number of hydrogen-bond acceptors (Lipinski definition) is 9. The summed E-state index contributed by atoms with van der Waals surface area (Å²) >= 11 is 0. The van der Waals surface area contributed by atoms with Gasteiger partial charge in [0.05, 0.1) is 31.2 Å². The van der Waals surface area contributed by atoms with Gasteiger partial charge in [-0.15, -0.1) is 5.10 Å². The first-order chi connectivity index (χ1) is 17.6. The SMILES string of the molecule is CNc1ncc(-c2nc3ccc(N4CCO[C@H](COC)C4)cn3n2)c2cc(NC(=O)C3CC3)ncc12. The molecule has 1 amide bonds. The molecule has 1 atom stereocenters. The van der Waals surface area contributed by atoms with Crippen LogP contribution < -0.4 is 15.5 Å². The van der Waals surface area contributed by atoms with Crippen LogP contribution in [0.2, 0.25) is 0 Å². The van der Waals surface area contributed by atoms with Gasteiger partial charge in [0.1, 0.15) is 11.6 Å². The minimum absolute atomic E-state index is 0.0144. The van der Waals surface area contributed by atoms with Gasteiger partial charge in [0.25, 0.3) is 0 Å². The van der Waals surface area contributed by atoms with Crippen LogP contribution in [0.15, 0.2) is 36.8 Å². The Morgan fingerprint density at radius 3 is 2.92 bits per heavy atom. The van der Waals surface area contributed by atoms with Crippen LogP contribution in [0.1, 0.15) is 12.8 Å². The Kier molecular flexibility index (Phi) is 5.86. The number of carbonyl (C=O) groups excluding carboxylic acids is 1. The molecule has 2 N–H and O–H groups in total. The molecule has 6 rings (SSSR count). The summed E-state index contributed by atoms with van der Waals surface area (Å²) < 4.78 is 12.8. The average Bonchev–Trinajstić information content (AvgIpc) is 3.67. The number of carbonyl (C=O) groups is 1. The maximum Gasteiger partial charge on any atom is 0.228 e. The number of nitrogens with one attached hydrogen (secondary N) is 2. The monoisotopic (exact) mass is 488 g/mol. The van der Waals surface area contributed by atoms with Crippen molar-refractivity contribution in [2.45, 2.75) is 18.9 Å². The van der Waals surface area contributed by atoms with Crippen LogP contribution >= 0.6 is 0 Å². The molecule has 0 radical (unpaired) electrons. The Labute approximate surface area is 207 Å². The Balaban J connectivity index is 1.36. The van der Waals surface area contributed by atoms with E-state index in [-0.39, 0.29) is 17.9 Å². The van der Waals surface area contributed by atoms with Crippen LogP contribution in [0, 0.1) is 5.92 Å². The summed E-state index contributed by atoms with van der Waals surface area (Å²) in [5, 5.41) is 12.5. The zero-order chi connectivity index (χ0) is 24.6. The summed E-state index contributed by atoms with van der Waals surface area (Å²) in [4.78, 5) is 28.3. The number of aromatic nitrogens is 5. The standard InChI is InChI=1S/C25H28N8O3/c1-26-23-19-10-27-21(29-25(34)15-3-4-15)9-18(19)20(11-28-23)24-30-22-6-5-16(12-33(22)31-24)32-7-8-36-17(13-32)14-35-2/h5-6,9-12,15,17H,3-4,7-8,13-14H2,1-2H3,(H,26,28)(H,27,29,34)/t17-/m0/s1. The molecule has 1 saturated carbocycles. The van der Waals surface area contributed by atoms with Gasteiger partial charge in [-0.3, -0.25) is 4.79 Å². The third kappa shape index (κ3) is 4.31. The van der Waals surface area contributed by atoms with E-state index < -0.39 is 0 Å². The van der Waals surface area contributed by atoms with E-state index in [1.807, 2.05) is 25.4 Å². The van der Waals surface area contributed by atoms with Gasteiger partial charge in [-0.1, -0.05) is 0 Å². The fourth-order valence-corrected chi connectivity index (χ4v) is 4.57. The van der Waals surface area contributed by atoms with Crippen molar-refractivity contribution in [2.24, 2.45) is 5.92 Å². The molecule has 1 aliphatic heterocycles. The molecule has 36 heavy (non-hydrogen) atoms. The number of hydrogen-bond donors (Lipinski definition) is 2. The van der Waals surface area contributed by atoms with Crippen LogP contribution in [0.25, 0.3) is 27.8 Å². The lowest BCUT2D eigenvalue weighted by Gasteiger charge is -2.34. The molecule has 2 aliphatic rings. The summed E-state index contributed by atoms with van der Waals surface area (Å²) in [5.74, 6) is 1.87. The summed E-state index contributed by atoms with van der Waals surface area (Å²) in [6.45, 7) is 2.77. The number of nitrogens with zero attached hydrogens (tertiary/aromatic N) is 6. The summed E-state index contributed by atoms with van der Waals surface area (Å²) in [6, 6.07) is 5.89. The highest BCUT2D eigenvalue weighted by Gasteiger charge is 2.30. The number of rotatable bonds is 7. The van der Waals surface area contributed by atoms with Crippen molar-refractivity contribution >= 4 is 39.6 Å². The van der Waals surface area contributed by atoms with E-state index >= 15 is 0 Å². The van der Waals surface area contributed by atoms with E-state index in [0.717, 1.165) is 53.6 Å². The highest BCUT2D eigenvalue weighted by atomic mass is 16.5. The Hall–Kier alpha value is -3.83. The lowest BCUT2D eigenvalue weighted by atomic mass is 10.1. The number of fused-ring (bicyclic) bond motifs is 2. The molecule has 186 valence electrons. The maximum absolute atomic E-state index is 12.3. The van der Waals surface area contributed by atoms with E-state index in [0.29, 0.717) is 30.7 Å². The summed E-state index contributed by atoms with van der Waals surface area (Å²) in [7, 11) is 3.50. The molecule has 1 saturated heterocycles. The molecule has 1 aliphatic carbocycles. The van der Waals surface area contributed by atoms with Gasteiger partial charge in [0.2, 0.25) is 5.91 Å². The van der Waals surface area contributed by atoms with E-state index in [1.165, 1.54) is 0 Å². The van der Waals surface area contributed by atoms with Crippen LogP contribution in [-0.4, -0.2) is 77.0 Å². The highest BCUT2D eigenvalue weighted by molar-refractivity contribution is 6.03. The molecule has 0 spiro atoms. The van der Waals surface area contributed by atoms with Crippen LogP contribution in [-0.2, 0) is 14.3 Å². The molecule has 4 aromatic heterocycles. The van der Waals surface area contributed by atoms with Crippen molar-refractivity contribution in [3.63, 3.8) is 0 Å². The van der Waals surface area contributed by atoms with E-state index in [9.17, 15) is 4.79 Å². The average molecular weight is 489 g/mol. The molecule has 0 aromatic carbocycles. The lowest BCUT2D eigenvalue weighted by molar-refractivity contribution is -0.117. The predicted octanol–water partition coefficient (Wildman–Crippen LogP) is 2.58. The minimum atomic E-state index is 0.0144. The fraction of sp³-hybridized carbons (Fsp3) is 0.400. The van der Waals surface area contributed by atoms with Crippen LogP contribution in [0.5, 0.6) is 0 Å². The van der Waals surface area contributed by atoms with Crippen molar-refractivity contribution in [2.75, 3.05) is 56.0 Å². The van der Waals surface area contributed by atoms with Gasteiger partial charge >= 0.3 is 0 Å². The molecular formula is C25H28N8O3. The summed E-state index contributed by atoms with van der Waals surface area (Å²) in [6.07, 6.45) is 7.38. The molecular weight excluding hydrogens is 460 g/mol. The van der Waals surface area contributed by atoms with Gasteiger partial charge in [0.15, 0.2) is 11.5 Å². The zero-order valence-electron chi connectivity index (χ0n) is 20.3. The van der Waals surface area contributed by atoms with Gasteiger partial charge in [-0.05, 0) is 31.0 Å². The number of anilines is 3. The van der Waals surface area contributed by atoms with Crippen molar-refractivity contribution in [3.05, 3.63) is 36.8 Å². The van der Waals surface area contributed by atoms with Crippen molar-refractivity contribution in [1.82, 2.24) is 24.6 Å². The molecule has 0 bridgehead atoms. The topological polar surface area (TPSA) is 119 Å². The predicted molar refractivity (Wildman–Crippen MR) is 136 cm³/mol. The van der Waals surface area contributed by atoms with E-state index in [1.54, 1.807) is 24.0 Å². The van der Waals surface area contributed by atoms with Gasteiger partial charge < -0.3 is 25.0 Å². The minimum Gasteiger partial charge on any atom is -0.382 e. The Bertz CT molecular complexity index is 1430. The van der Waals surface area contributed by atoms with Crippen molar-refractivity contribution in [1.29, 1.82) is 0 Å². The van der Waals surface area contributed by atoms with Gasteiger partial charge in [0, 0.05) is 61.9 Å². The van der Waals surface area contributed by atoms with E-state index in [2.05, 4.69) is 31.6 Å². The number of amides is 1. The molecule has 11 nitrogen and oxygen atoms in total. The highest BCUT2D eigenvalue weighted by Crippen LogP contribution is 2.33.